The second-order valence-corrected chi connectivity index (χ2v) is 6.58. The predicted octanol–water partition coefficient (Wildman–Crippen LogP) is 3.70. The van der Waals surface area contributed by atoms with E-state index in [1.807, 2.05) is 54.3 Å². The average molecular weight is 352 g/mol. The highest BCUT2D eigenvalue weighted by molar-refractivity contribution is 5.96. The number of ether oxygens (including phenoxy) is 1. The van der Waals surface area contributed by atoms with Gasteiger partial charge < -0.3 is 15.0 Å². The van der Waals surface area contributed by atoms with Crippen molar-refractivity contribution in [1.82, 2.24) is 0 Å². The molecule has 2 aromatic carbocycles. The van der Waals surface area contributed by atoms with Gasteiger partial charge >= 0.3 is 0 Å². The van der Waals surface area contributed by atoms with E-state index in [0.29, 0.717) is 12.8 Å². The lowest BCUT2D eigenvalue weighted by atomic mass is 10.1. The Labute approximate surface area is 154 Å². The lowest BCUT2D eigenvalue weighted by molar-refractivity contribution is -0.119. The number of aryl methyl sites for hydroxylation is 1. The number of benzene rings is 2. The van der Waals surface area contributed by atoms with E-state index in [4.69, 9.17) is 4.74 Å². The zero-order valence-corrected chi connectivity index (χ0v) is 15.2. The molecule has 1 aliphatic rings. The summed E-state index contributed by atoms with van der Waals surface area (Å²) in [5, 5.41) is 2.93. The number of carbonyl (C=O) groups excluding carboxylic acids is 2. The van der Waals surface area contributed by atoms with E-state index in [9.17, 15) is 9.59 Å². The number of nitrogens with zero attached hydrogens (tertiary/aromatic N) is 1. The SMILES string of the molecule is COc1ccc(CC(=O)Nc2ccc(N3CCCCC3=O)c(C)c2)cc1. The maximum absolute atomic E-state index is 12.3. The zero-order chi connectivity index (χ0) is 18.5. The molecule has 0 unspecified atom stereocenters. The van der Waals surface area contributed by atoms with E-state index in [1.54, 1.807) is 7.11 Å². The van der Waals surface area contributed by atoms with Crippen LogP contribution in [-0.4, -0.2) is 25.5 Å². The molecule has 2 aromatic rings. The third kappa shape index (κ3) is 4.23. The molecule has 2 amide bonds. The van der Waals surface area contributed by atoms with Crippen LogP contribution in [0.25, 0.3) is 0 Å². The molecular formula is C21H24N2O3. The van der Waals surface area contributed by atoms with Gasteiger partial charge in [-0.05, 0) is 61.2 Å². The molecule has 0 spiro atoms. The van der Waals surface area contributed by atoms with Crippen LogP contribution in [0.2, 0.25) is 0 Å². The van der Waals surface area contributed by atoms with Crippen LogP contribution in [0.4, 0.5) is 11.4 Å². The van der Waals surface area contributed by atoms with Crippen molar-refractivity contribution in [3.63, 3.8) is 0 Å². The minimum absolute atomic E-state index is 0.0728. The van der Waals surface area contributed by atoms with Crippen molar-refractivity contribution in [3.05, 3.63) is 53.6 Å². The van der Waals surface area contributed by atoms with E-state index in [1.165, 1.54) is 0 Å². The summed E-state index contributed by atoms with van der Waals surface area (Å²) in [5.74, 6) is 0.875. The second kappa shape index (κ2) is 8.04. The number of hydrogen-bond donors (Lipinski definition) is 1. The Bertz CT molecular complexity index is 799. The maximum atomic E-state index is 12.3. The van der Waals surface area contributed by atoms with E-state index in [0.717, 1.165) is 47.6 Å². The Kier molecular flexibility index (Phi) is 5.56. The van der Waals surface area contributed by atoms with Gasteiger partial charge in [0.1, 0.15) is 5.75 Å². The van der Waals surface area contributed by atoms with Gasteiger partial charge in [-0.15, -0.1) is 0 Å². The van der Waals surface area contributed by atoms with Gasteiger partial charge in [-0.2, -0.15) is 0 Å². The summed E-state index contributed by atoms with van der Waals surface area (Å²) in [6, 6.07) is 13.2. The highest BCUT2D eigenvalue weighted by atomic mass is 16.5. The molecule has 1 heterocycles. The monoisotopic (exact) mass is 352 g/mol. The normalized spacial score (nSPS) is 14.2. The van der Waals surface area contributed by atoms with Crippen LogP contribution in [0.15, 0.2) is 42.5 Å². The van der Waals surface area contributed by atoms with Crippen LogP contribution in [0.1, 0.15) is 30.4 Å². The Hall–Kier alpha value is -2.82. The van der Waals surface area contributed by atoms with Gasteiger partial charge in [0.25, 0.3) is 0 Å². The van der Waals surface area contributed by atoms with Gasteiger partial charge in [0, 0.05) is 24.3 Å². The smallest absolute Gasteiger partial charge is 0.228 e. The number of piperidine rings is 1. The number of anilines is 2. The van der Waals surface area contributed by atoms with Crippen molar-refractivity contribution in [2.24, 2.45) is 0 Å². The highest BCUT2D eigenvalue weighted by Crippen LogP contribution is 2.27. The van der Waals surface area contributed by atoms with Gasteiger partial charge in [0.05, 0.1) is 13.5 Å². The van der Waals surface area contributed by atoms with E-state index in [2.05, 4.69) is 5.32 Å². The lowest BCUT2D eigenvalue weighted by Gasteiger charge is -2.28. The minimum atomic E-state index is -0.0728. The molecule has 1 saturated heterocycles. The average Bonchev–Trinajstić information content (AvgIpc) is 2.63. The van der Waals surface area contributed by atoms with Gasteiger partial charge in [-0.25, -0.2) is 0 Å². The molecular weight excluding hydrogens is 328 g/mol. The first-order valence-corrected chi connectivity index (χ1v) is 8.90. The summed E-state index contributed by atoms with van der Waals surface area (Å²) in [6.45, 7) is 2.74. The third-order valence-corrected chi connectivity index (χ3v) is 4.62. The number of methoxy groups -OCH3 is 1. The molecule has 0 saturated carbocycles. The summed E-state index contributed by atoms with van der Waals surface area (Å²) >= 11 is 0. The number of hydrogen-bond acceptors (Lipinski definition) is 3. The first-order chi connectivity index (χ1) is 12.6. The summed E-state index contributed by atoms with van der Waals surface area (Å²) < 4.78 is 5.12. The second-order valence-electron chi connectivity index (χ2n) is 6.58. The van der Waals surface area contributed by atoms with Crippen molar-refractivity contribution in [3.8, 4) is 5.75 Å². The predicted molar refractivity (Wildman–Crippen MR) is 103 cm³/mol. The molecule has 3 rings (SSSR count). The van der Waals surface area contributed by atoms with Gasteiger partial charge in [-0.3, -0.25) is 9.59 Å². The zero-order valence-electron chi connectivity index (χ0n) is 15.2. The standard InChI is InChI=1S/C21H24N2O3/c1-15-13-17(8-11-19(15)23-12-4-3-5-21(23)25)22-20(24)14-16-6-9-18(26-2)10-7-16/h6-11,13H,3-5,12,14H2,1-2H3,(H,22,24). The van der Waals surface area contributed by atoms with E-state index >= 15 is 0 Å². The van der Waals surface area contributed by atoms with E-state index < -0.39 is 0 Å². The molecule has 0 aromatic heterocycles. The summed E-state index contributed by atoms with van der Waals surface area (Å²) in [4.78, 5) is 26.2. The molecule has 26 heavy (non-hydrogen) atoms. The highest BCUT2D eigenvalue weighted by Gasteiger charge is 2.21. The fourth-order valence-electron chi connectivity index (χ4n) is 3.23. The van der Waals surface area contributed by atoms with Crippen molar-refractivity contribution in [2.75, 3.05) is 23.9 Å². The fourth-order valence-corrected chi connectivity index (χ4v) is 3.23. The molecule has 136 valence electrons. The third-order valence-electron chi connectivity index (χ3n) is 4.62. The Morgan fingerprint density at radius 3 is 2.58 bits per heavy atom. The summed E-state index contributed by atoms with van der Waals surface area (Å²) in [5.41, 5.74) is 3.59. The van der Waals surface area contributed by atoms with Crippen molar-refractivity contribution in [2.45, 2.75) is 32.6 Å². The first kappa shape index (κ1) is 18.0. The van der Waals surface area contributed by atoms with Gasteiger partial charge in [0.15, 0.2) is 0 Å². The van der Waals surface area contributed by atoms with Crippen LogP contribution in [0.3, 0.4) is 0 Å². The Morgan fingerprint density at radius 2 is 1.92 bits per heavy atom. The topological polar surface area (TPSA) is 58.6 Å². The van der Waals surface area contributed by atoms with Crippen molar-refractivity contribution in [1.29, 1.82) is 0 Å². The molecule has 1 fully saturated rings. The molecule has 1 N–H and O–H groups in total. The number of nitrogens with one attached hydrogen (secondary N) is 1. The maximum Gasteiger partial charge on any atom is 0.228 e. The van der Waals surface area contributed by atoms with Crippen LogP contribution in [-0.2, 0) is 16.0 Å². The largest absolute Gasteiger partial charge is 0.497 e. The molecule has 5 nitrogen and oxygen atoms in total. The Balaban J connectivity index is 1.65. The van der Waals surface area contributed by atoms with E-state index in [-0.39, 0.29) is 11.8 Å². The van der Waals surface area contributed by atoms with Gasteiger partial charge in [0.2, 0.25) is 11.8 Å². The van der Waals surface area contributed by atoms with Crippen LogP contribution < -0.4 is 15.0 Å². The molecule has 5 heteroatoms. The fraction of sp³-hybridized carbons (Fsp3) is 0.333. The number of rotatable bonds is 5. The molecule has 0 radical (unpaired) electrons. The summed E-state index contributed by atoms with van der Waals surface area (Å²) in [6.07, 6.45) is 2.91. The molecule has 0 aliphatic carbocycles. The van der Waals surface area contributed by atoms with Crippen molar-refractivity contribution >= 4 is 23.2 Å². The van der Waals surface area contributed by atoms with Gasteiger partial charge in [-0.1, -0.05) is 12.1 Å². The summed E-state index contributed by atoms with van der Waals surface area (Å²) in [7, 11) is 1.62. The number of carbonyl (C=O) groups is 2. The first-order valence-electron chi connectivity index (χ1n) is 8.90. The van der Waals surface area contributed by atoms with Crippen LogP contribution in [0, 0.1) is 6.92 Å². The minimum Gasteiger partial charge on any atom is -0.497 e. The lowest BCUT2D eigenvalue weighted by Crippen LogP contribution is -2.35. The quantitative estimate of drug-likeness (QED) is 0.892. The molecule has 0 bridgehead atoms. The van der Waals surface area contributed by atoms with Crippen molar-refractivity contribution < 1.29 is 14.3 Å². The van der Waals surface area contributed by atoms with Crippen LogP contribution >= 0.6 is 0 Å². The van der Waals surface area contributed by atoms with Crippen LogP contribution in [0.5, 0.6) is 5.75 Å². The Morgan fingerprint density at radius 1 is 1.15 bits per heavy atom. The number of amides is 2. The molecule has 1 aliphatic heterocycles. The molecule has 0 atom stereocenters.